The van der Waals surface area contributed by atoms with E-state index in [1.54, 1.807) is 31.5 Å². The first kappa shape index (κ1) is 15.6. The number of anilines is 1. The maximum absolute atomic E-state index is 12.1. The molecule has 0 saturated carbocycles. The fourth-order valence-electron chi connectivity index (χ4n) is 2.56. The molecule has 0 spiro atoms. The molecule has 1 aliphatic heterocycles. The molecule has 1 atom stereocenters. The molecular weight excluding hydrogens is 296 g/mol. The number of pyridine rings is 2. The SMILES string of the molecule is COc1ccc2nccc(NC(=O)COC3CCCNC3)c2n1. The summed E-state index contributed by atoms with van der Waals surface area (Å²) in [5.41, 5.74) is 1.89. The number of rotatable bonds is 5. The van der Waals surface area contributed by atoms with E-state index < -0.39 is 0 Å². The Morgan fingerprint density at radius 2 is 2.35 bits per heavy atom. The number of carbonyl (C=O) groups excluding carboxylic acids is 1. The zero-order valence-electron chi connectivity index (χ0n) is 13.0. The van der Waals surface area contributed by atoms with Gasteiger partial charge in [-0.1, -0.05) is 0 Å². The van der Waals surface area contributed by atoms with Crippen molar-refractivity contribution in [3.8, 4) is 5.88 Å². The van der Waals surface area contributed by atoms with E-state index in [0.717, 1.165) is 25.9 Å². The monoisotopic (exact) mass is 316 g/mol. The van der Waals surface area contributed by atoms with E-state index in [1.807, 2.05) is 0 Å². The summed E-state index contributed by atoms with van der Waals surface area (Å²) in [6.07, 6.45) is 3.79. The van der Waals surface area contributed by atoms with Gasteiger partial charge in [0, 0.05) is 18.8 Å². The molecule has 23 heavy (non-hydrogen) atoms. The summed E-state index contributed by atoms with van der Waals surface area (Å²) < 4.78 is 10.8. The van der Waals surface area contributed by atoms with Crippen LogP contribution in [0.2, 0.25) is 0 Å². The van der Waals surface area contributed by atoms with Crippen LogP contribution in [0.5, 0.6) is 5.88 Å². The number of hydrogen-bond acceptors (Lipinski definition) is 6. The average Bonchev–Trinajstić information content (AvgIpc) is 2.61. The van der Waals surface area contributed by atoms with Crippen LogP contribution in [0.3, 0.4) is 0 Å². The van der Waals surface area contributed by atoms with Crippen LogP contribution >= 0.6 is 0 Å². The van der Waals surface area contributed by atoms with Gasteiger partial charge in [0.15, 0.2) is 0 Å². The molecule has 2 aromatic heterocycles. The summed E-state index contributed by atoms with van der Waals surface area (Å²) in [7, 11) is 1.55. The van der Waals surface area contributed by atoms with Crippen LogP contribution < -0.4 is 15.4 Å². The highest BCUT2D eigenvalue weighted by atomic mass is 16.5. The van der Waals surface area contributed by atoms with Crippen molar-refractivity contribution in [1.29, 1.82) is 0 Å². The number of ether oxygens (including phenoxy) is 2. The van der Waals surface area contributed by atoms with Gasteiger partial charge in [0.1, 0.15) is 12.1 Å². The van der Waals surface area contributed by atoms with Crippen molar-refractivity contribution in [2.24, 2.45) is 0 Å². The third-order valence-corrected chi connectivity index (χ3v) is 3.74. The zero-order chi connectivity index (χ0) is 16.1. The van der Waals surface area contributed by atoms with Gasteiger partial charge in [-0.05, 0) is 31.5 Å². The van der Waals surface area contributed by atoms with Crippen molar-refractivity contribution in [3.63, 3.8) is 0 Å². The molecule has 0 aromatic carbocycles. The van der Waals surface area contributed by atoms with Crippen molar-refractivity contribution < 1.29 is 14.3 Å². The van der Waals surface area contributed by atoms with Crippen molar-refractivity contribution in [3.05, 3.63) is 24.4 Å². The number of methoxy groups -OCH3 is 1. The second kappa shape index (κ2) is 7.34. The second-order valence-electron chi connectivity index (χ2n) is 5.41. The number of nitrogens with one attached hydrogen (secondary N) is 2. The van der Waals surface area contributed by atoms with E-state index in [2.05, 4.69) is 20.6 Å². The Morgan fingerprint density at radius 3 is 3.13 bits per heavy atom. The number of aromatic nitrogens is 2. The van der Waals surface area contributed by atoms with Gasteiger partial charge in [-0.15, -0.1) is 0 Å². The summed E-state index contributed by atoms with van der Waals surface area (Å²) in [5.74, 6) is 0.276. The predicted molar refractivity (Wildman–Crippen MR) is 86.6 cm³/mol. The number of amides is 1. The normalized spacial score (nSPS) is 17.9. The molecule has 1 unspecified atom stereocenters. The van der Waals surface area contributed by atoms with Crippen LogP contribution in [0.25, 0.3) is 11.0 Å². The molecule has 2 N–H and O–H groups in total. The van der Waals surface area contributed by atoms with Crippen LogP contribution in [-0.2, 0) is 9.53 Å². The smallest absolute Gasteiger partial charge is 0.250 e. The van der Waals surface area contributed by atoms with Gasteiger partial charge in [-0.3, -0.25) is 9.78 Å². The first-order chi connectivity index (χ1) is 11.3. The van der Waals surface area contributed by atoms with E-state index in [4.69, 9.17) is 9.47 Å². The molecule has 3 heterocycles. The number of hydrogen-bond donors (Lipinski definition) is 2. The third kappa shape index (κ3) is 3.94. The molecule has 0 aliphatic carbocycles. The fourth-order valence-corrected chi connectivity index (χ4v) is 2.56. The summed E-state index contributed by atoms with van der Waals surface area (Å²) in [6, 6.07) is 5.26. The molecular formula is C16H20N4O3. The van der Waals surface area contributed by atoms with Gasteiger partial charge in [0.05, 0.1) is 24.4 Å². The molecule has 1 aliphatic rings. The first-order valence-corrected chi connectivity index (χ1v) is 7.68. The quantitative estimate of drug-likeness (QED) is 0.866. The topological polar surface area (TPSA) is 85.4 Å². The van der Waals surface area contributed by atoms with Gasteiger partial charge in [-0.2, -0.15) is 0 Å². The van der Waals surface area contributed by atoms with Gasteiger partial charge < -0.3 is 20.1 Å². The van der Waals surface area contributed by atoms with E-state index in [1.165, 1.54) is 0 Å². The summed E-state index contributed by atoms with van der Waals surface area (Å²) in [4.78, 5) is 20.7. The minimum atomic E-state index is -0.201. The molecule has 0 bridgehead atoms. The Balaban J connectivity index is 1.66. The summed E-state index contributed by atoms with van der Waals surface area (Å²) >= 11 is 0. The first-order valence-electron chi connectivity index (χ1n) is 7.68. The predicted octanol–water partition coefficient (Wildman–Crippen LogP) is 1.35. The molecule has 7 heteroatoms. The van der Waals surface area contributed by atoms with E-state index in [-0.39, 0.29) is 18.6 Å². The molecule has 0 radical (unpaired) electrons. The number of nitrogens with zero attached hydrogens (tertiary/aromatic N) is 2. The minimum Gasteiger partial charge on any atom is -0.481 e. The lowest BCUT2D eigenvalue weighted by atomic mass is 10.1. The zero-order valence-corrected chi connectivity index (χ0v) is 13.0. The lowest BCUT2D eigenvalue weighted by Crippen LogP contribution is -2.37. The molecule has 7 nitrogen and oxygen atoms in total. The van der Waals surface area contributed by atoms with Crippen LogP contribution in [0, 0.1) is 0 Å². The van der Waals surface area contributed by atoms with Crippen molar-refractivity contribution in [2.45, 2.75) is 18.9 Å². The highest BCUT2D eigenvalue weighted by Gasteiger charge is 2.15. The molecule has 2 aromatic rings. The average molecular weight is 316 g/mol. The molecule has 1 saturated heterocycles. The van der Waals surface area contributed by atoms with Gasteiger partial charge in [-0.25, -0.2) is 4.98 Å². The lowest BCUT2D eigenvalue weighted by molar-refractivity contribution is -0.122. The largest absolute Gasteiger partial charge is 0.481 e. The molecule has 1 fully saturated rings. The standard InChI is InChI=1S/C16H20N4O3/c1-22-15-5-4-12-16(20-15)13(6-8-18-12)19-14(21)10-23-11-3-2-7-17-9-11/h4-6,8,11,17H,2-3,7,9-10H2,1H3,(H,18,19,21). The highest BCUT2D eigenvalue weighted by Crippen LogP contribution is 2.22. The van der Waals surface area contributed by atoms with Gasteiger partial charge in [0.2, 0.25) is 11.8 Å². The Morgan fingerprint density at radius 1 is 1.43 bits per heavy atom. The van der Waals surface area contributed by atoms with Crippen LogP contribution in [0.4, 0.5) is 5.69 Å². The Bertz CT molecular complexity index is 686. The minimum absolute atomic E-state index is 0.0279. The van der Waals surface area contributed by atoms with Crippen LogP contribution in [-0.4, -0.2) is 48.8 Å². The second-order valence-corrected chi connectivity index (χ2v) is 5.41. The van der Waals surface area contributed by atoms with E-state index >= 15 is 0 Å². The number of fused-ring (bicyclic) bond motifs is 1. The summed E-state index contributed by atoms with van der Waals surface area (Å²) in [6.45, 7) is 1.84. The van der Waals surface area contributed by atoms with Crippen molar-refractivity contribution in [1.82, 2.24) is 15.3 Å². The van der Waals surface area contributed by atoms with Crippen molar-refractivity contribution in [2.75, 3.05) is 32.1 Å². The lowest BCUT2D eigenvalue weighted by Gasteiger charge is -2.22. The summed E-state index contributed by atoms with van der Waals surface area (Å²) in [5, 5.41) is 6.09. The maximum Gasteiger partial charge on any atom is 0.250 e. The molecule has 1 amide bonds. The Hall–Kier alpha value is -2.25. The van der Waals surface area contributed by atoms with Gasteiger partial charge >= 0.3 is 0 Å². The number of carbonyl (C=O) groups is 1. The number of piperidine rings is 1. The van der Waals surface area contributed by atoms with E-state index in [9.17, 15) is 4.79 Å². The molecule has 3 rings (SSSR count). The van der Waals surface area contributed by atoms with Crippen molar-refractivity contribution >= 4 is 22.6 Å². The fraction of sp³-hybridized carbons (Fsp3) is 0.438. The maximum atomic E-state index is 12.1. The Kier molecular flexibility index (Phi) is 4.99. The van der Waals surface area contributed by atoms with Crippen LogP contribution in [0.15, 0.2) is 24.4 Å². The highest BCUT2D eigenvalue weighted by molar-refractivity contribution is 5.99. The Labute approximate surface area is 134 Å². The van der Waals surface area contributed by atoms with Gasteiger partial charge in [0.25, 0.3) is 0 Å². The third-order valence-electron chi connectivity index (χ3n) is 3.74. The van der Waals surface area contributed by atoms with E-state index in [0.29, 0.717) is 22.6 Å². The van der Waals surface area contributed by atoms with Crippen LogP contribution in [0.1, 0.15) is 12.8 Å². The molecule has 122 valence electrons.